The molecule has 0 saturated heterocycles. The molecule has 4 nitrogen and oxygen atoms in total. The van der Waals surface area contributed by atoms with Crippen molar-refractivity contribution in [2.75, 3.05) is 25.7 Å². The maximum atomic E-state index is 11.3. The van der Waals surface area contributed by atoms with Gasteiger partial charge in [0, 0.05) is 12.3 Å². The summed E-state index contributed by atoms with van der Waals surface area (Å²) >= 11 is 0. The van der Waals surface area contributed by atoms with Gasteiger partial charge in [0.05, 0.1) is 12.4 Å². The number of nitrogens with one attached hydrogen (secondary N) is 1. The van der Waals surface area contributed by atoms with Crippen molar-refractivity contribution >= 4 is 9.84 Å². The maximum absolute atomic E-state index is 11.3. The zero-order valence-corrected chi connectivity index (χ0v) is 12.0. The summed E-state index contributed by atoms with van der Waals surface area (Å²) in [5.74, 6) is 0.911. The molecule has 1 rings (SSSR count). The highest BCUT2D eigenvalue weighted by Gasteiger charge is 2.15. The predicted octanol–water partition coefficient (Wildman–Crippen LogP) is 1.78. The molecule has 0 bridgehead atoms. The lowest BCUT2D eigenvalue weighted by Crippen LogP contribution is -2.24. The van der Waals surface area contributed by atoms with Gasteiger partial charge >= 0.3 is 0 Å². The molecule has 1 unspecified atom stereocenters. The number of rotatable bonds is 7. The normalized spacial score (nSPS) is 13.3. The molecule has 0 aliphatic carbocycles. The van der Waals surface area contributed by atoms with Crippen LogP contribution in [0.25, 0.3) is 0 Å². The monoisotopic (exact) mass is 271 g/mol. The molecule has 0 aliphatic rings. The zero-order chi connectivity index (χ0) is 13.6. The predicted molar refractivity (Wildman–Crippen MR) is 73.7 cm³/mol. The molecule has 18 heavy (non-hydrogen) atoms. The highest BCUT2D eigenvalue weighted by atomic mass is 32.2. The highest BCUT2D eigenvalue weighted by molar-refractivity contribution is 7.90. The van der Waals surface area contributed by atoms with E-state index in [1.54, 1.807) is 7.05 Å². The Morgan fingerprint density at radius 3 is 2.33 bits per heavy atom. The first-order valence-electron chi connectivity index (χ1n) is 6.04. The molecule has 0 aliphatic heterocycles. The molecular formula is C13H21NO3S. The lowest BCUT2D eigenvalue weighted by atomic mass is 10.1. The number of hydrogen-bond acceptors (Lipinski definition) is 4. The quantitative estimate of drug-likeness (QED) is 0.821. The van der Waals surface area contributed by atoms with Crippen LogP contribution in [0.2, 0.25) is 0 Å². The molecule has 0 spiro atoms. The minimum absolute atomic E-state index is 0.0959. The van der Waals surface area contributed by atoms with Gasteiger partial charge in [-0.2, -0.15) is 0 Å². The third-order valence-corrected chi connectivity index (χ3v) is 3.51. The van der Waals surface area contributed by atoms with E-state index in [9.17, 15) is 8.42 Å². The third kappa shape index (κ3) is 5.06. The Morgan fingerprint density at radius 2 is 1.89 bits per heavy atom. The van der Waals surface area contributed by atoms with Crippen molar-refractivity contribution in [3.63, 3.8) is 0 Å². The Balaban J connectivity index is 2.75. The molecule has 1 aromatic rings. The first-order chi connectivity index (χ1) is 8.46. The van der Waals surface area contributed by atoms with Gasteiger partial charge in [0.25, 0.3) is 0 Å². The fourth-order valence-electron chi connectivity index (χ4n) is 1.67. The second-order valence-electron chi connectivity index (χ2n) is 4.35. The average Bonchev–Trinajstić information content (AvgIpc) is 2.33. The molecule has 1 N–H and O–H groups in total. The van der Waals surface area contributed by atoms with Crippen LogP contribution in [0.3, 0.4) is 0 Å². The van der Waals surface area contributed by atoms with Gasteiger partial charge in [0.1, 0.15) is 15.6 Å². The minimum Gasteiger partial charge on any atom is -0.494 e. The SMILES string of the molecule is CCCOc1ccc(C(CS(C)(=O)=O)NC)cc1. The molecule has 1 atom stereocenters. The van der Waals surface area contributed by atoms with Crippen LogP contribution in [0.1, 0.15) is 24.9 Å². The van der Waals surface area contributed by atoms with Crippen molar-refractivity contribution in [3.05, 3.63) is 29.8 Å². The van der Waals surface area contributed by atoms with Gasteiger partial charge in [0.15, 0.2) is 0 Å². The van der Waals surface area contributed by atoms with Gasteiger partial charge in [-0.25, -0.2) is 8.42 Å². The number of ether oxygens (including phenoxy) is 1. The van der Waals surface area contributed by atoms with Gasteiger partial charge in [-0.15, -0.1) is 0 Å². The fourth-order valence-corrected chi connectivity index (χ4v) is 2.63. The van der Waals surface area contributed by atoms with E-state index in [1.165, 1.54) is 6.26 Å². The molecule has 0 radical (unpaired) electrons. The Hall–Kier alpha value is -1.07. The van der Waals surface area contributed by atoms with Crippen LogP contribution in [-0.4, -0.2) is 34.1 Å². The van der Waals surface area contributed by atoms with E-state index >= 15 is 0 Å². The van der Waals surface area contributed by atoms with Gasteiger partial charge in [-0.1, -0.05) is 19.1 Å². The van der Waals surface area contributed by atoms with Gasteiger partial charge in [-0.3, -0.25) is 0 Å². The molecule has 0 amide bonds. The molecule has 1 aromatic carbocycles. The summed E-state index contributed by atoms with van der Waals surface area (Å²) in [6, 6.07) is 7.37. The number of hydrogen-bond donors (Lipinski definition) is 1. The molecule has 0 saturated carbocycles. The molecule has 5 heteroatoms. The zero-order valence-electron chi connectivity index (χ0n) is 11.1. The van der Waals surface area contributed by atoms with Crippen molar-refractivity contribution in [1.29, 1.82) is 0 Å². The van der Waals surface area contributed by atoms with E-state index in [4.69, 9.17) is 4.74 Å². The minimum atomic E-state index is -3.00. The van der Waals surface area contributed by atoms with E-state index in [0.29, 0.717) is 6.61 Å². The lowest BCUT2D eigenvalue weighted by Gasteiger charge is -2.16. The van der Waals surface area contributed by atoms with E-state index in [1.807, 2.05) is 24.3 Å². The fraction of sp³-hybridized carbons (Fsp3) is 0.538. The van der Waals surface area contributed by atoms with Crippen molar-refractivity contribution in [2.45, 2.75) is 19.4 Å². The van der Waals surface area contributed by atoms with Crippen LogP contribution in [-0.2, 0) is 9.84 Å². The summed E-state index contributed by atoms with van der Waals surface area (Å²) < 4.78 is 28.1. The van der Waals surface area contributed by atoms with Gasteiger partial charge in [-0.05, 0) is 31.2 Å². The molecule has 0 aromatic heterocycles. The summed E-state index contributed by atoms with van der Waals surface area (Å²) in [4.78, 5) is 0. The summed E-state index contributed by atoms with van der Waals surface area (Å²) in [6.07, 6.45) is 2.21. The molecule has 0 fully saturated rings. The number of benzene rings is 1. The standard InChI is InChI=1S/C13H21NO3S/c1-4-9-17-12-7-5-11(6-8-12)13(14-2)10-18(3,15)16/h5-8,13-14H,4,9-10H2,1-3H3. The lowest BCUT2D eigenvalue weighted by molar-refractivity contribution is 0.317. The Morgan fingerprint density at radius 1 is 1.28 bits per heavy atom. The smallest absolute Gasteiger partial charge is 0.149 e. The topological polar surface area (TPSA) is 55.4 Å². The van der Waals surface area contributed by atoms with Crippen LogP contribution in [0, 0.1) is 0 Å². The highest BCUT2D eigenvalue weighted by Crippen LogP contribution is 2.19. The Labute approximate surface area is 109 Å². The Kier molecular flexibility index (Phi) is 5.62. The molecule has 0 heterocycles. The first kappa shape index (κ1) is 15.0. The van der Waals surface area contributed by atoms with Crippen LogP contribution >= 0.6 is 0 Å². The van der Waals surface area contributed by atoms with Gasteiger partial charge in [0.2, 0.25) is 0 Å². The van der Waals surface area contributed by atoms with Crippen LogP contribution in [0.15, 0.2) is 24.3 Å². The number of sulfone groups is 1. The average molecular weight is 271 g/mol. The van der Waals surface area contributed by atoms with Gasteiger partial charge < -0.3 is 10.1 Å². The summed E-state index contributed by atoms with van der Waals surface area (Å²) in [7, 11) is -1.24. The third-order valence-electron chi connectivity index (χ3n) is 2.57. The van der Waals surface area contributed by atoms with E-state index in [-0.39, 0.29) is 11.8 Å². The van der Waals surface area contributed by atoms with Crippen molar-refractivity contribution in [1.82, 2.24) is 5.32 Å². The largest absolute Gasteiger partial charge is 0.494 e. The maximum Gasteiger partial charge on any atom is 0.149 e. The summed E-state index contributed by atoms with van der Waals surface area (Å²) in [6.45, 7) is 2.75. The van der Waals surface area contributed by atoms with E-state index < -0.39 is 9.84 Å². The van der Waals surface area contributed by atoms with E-state index in [0.717, 1.165) is 17.7 Å². The van der Waals surface area contributed by atoms with Crippen LogP contribution < -0.4 is 10.1 Å². The first-order valence-corrected chi connectivity index (χ1v) is 8.10. The van der Waals surface area contributed by atoms with E-state index in [2.05, 4.69) is 12.2 Å². The second kappa shape index (κ2) is 6.75. The van der Waals surface area contributed by atoms with Crippen molar-refractivity contribution in [3.8, 4) is 5.75 Å². The van der Waals surface area contributed by atoms with Crippen molar-refractivity contribution in [2.24, 2.45) is 0 Å². The van der Waals surface area contributed by atoms with Crippen LogP contribution in [0.4, 0.5) is 0 Å². The Bertz CT molecular complexity index is 454. The summed E-state index contributed by atoms with van der Waals surface area (Å²) in [5, 5.41) is 3.02. The summed E-state index contributed by atoms with van der Waals surface area (Å²) in [5.41, 5.74) is 0.951. The van der Waals surface area contributed by atoms with Crippen molar-refractivity contribution < 1.29 is 13.2 Å². The molecule has 102 valence electrons. The van der Waals surface area contributed by atoms with Crippen LogP contribution in [0.5, 0.6) is 5.75 Å². The molecular weight excluding hydrogens is 250 g/mol. The second-order valence-corrected chi connectivity index (χ2v) is 6.54.